The quantitative estimate of drug-likeness (QED) is 0.312. The van der Waals surface area contributed by atoms with Crippen LogP contribution < -0.4 is 16.0 Å². The highest BCUT2D eigenvalue weighted by atomic mass is 16.5. The van der Waals surface area contributed by atoms with Gasteiger partial charge in [-0.15, -0.1) is 0 Å². The largest absolute Gasteiger partial charge is 0.383 e. The third-order valence-corrected chi connectivity index (χ3v) is 3.62. The minimum absolute atomic E-state index is 0.471. The normalized spacial score (nSPS) is 15.1. The third-order valence-electron chi connectivity index (χ3n) is 3.62. The van der Waals surface area contributed by atoms with Crippen molar-refractivity contribution in [1.29, 1.82) is 0 Å². The topological polar surface area (TPSA) is 57.7 Å². The van der Waals surface area contributed by atoms with Gasteiger partial charge in [-0.05, 0) is 30.5 Å². The molecule has 3 N–H and O–H groups in total. The summed E-state index contributed by atoms with van der Waals surface area (Å²) in [4.78, 5) is 4.27. The van der Waals surface area contributed by atoms with Crippen molar-refractivity contribution in [3.8, 4) is 0 Å². The summed E-state index contributed by atoms with van der Waals surface area (Å²) in [5.74, 6) is 0.857. The van der Waals surface area contributed by atoms with Gasteiger partial charge >= 0.3 is 0 Å². The zero-order valence-electron chi connectivity index (χ0n) is 13.4. The lowest BCUT2D eigenvalue weighted by atomic mass is 10.2. The van der Waals surface area contributed by atoms with E-state index in [1.807, 2.05) is 0 Å². The molecule has 120 valence electrons. The Bertz CT molecular complexity index is 488. The van der Waals surface area contributed by atoms with Crippen molar-refractivity contribution in [3.05, 3.63) is 42.0 Å². The minimum atomic E-state index is 0.471. The van der Waals surface area contributed by atoms with Crippen LogP contribution in [-0.2, 0) is 11.3 Å². The van der Waals surface area contributed by atoms with Crippen LogP contribution in [0.3, 0.4) is 0 Å². The molecular weight excluding hydrogens is 276 g/mol. The fraction of sp³-hybridized carbons (Fsp3) is 0.471. The van der Waals surface area contributed by atoms with Gasteiger partial charge in [0, 0.05) is 39.0 Å². The molecule has 0 saturated heterocycles. The van der Waals surface area contributed by atoms with Gasteiger partial charge in [0.1, 0.15) is 0 Å². The molecule has 0 heterocycles. The second kappa shape index (κ2) is 9.10. The molecule has 22 heavy (non-hydrogen) atoms. The fourth-order valence-electron chi connectivity index (χ4n) is 2.35. The molecule has 2 rings (SSSR count). The smallest absolute Gasteiger partial charge is 0.191 e. The van der Waals surface area contributed by atoms with E-state index >= 15 is 0 Å². The number of anilines is 1. The van der Waals surface area contributed by atoms with Crippen LogP contribution in [0.5, 0.6) is 0 Å². The predicted octanol–water partition coefficient (Wildman–Crippen LogP) is 2.13. The number of nitrogens with one attached hydrogen (secondary N) is 3. The van der Waals surface area contributed by atoms with E-state index in [1.54, 1.807) is 14.2 Å². The highest BCUT2D eigenvalue weighted by Crippen LogP contribution is 2.10. The zero-order valence-corrected chi connectivity index (χ0v) is 13.4. The molecule has 0 aliphatic heterocycles. The second-order valence-electron chi connectivity index (χ2n) is 5.33. The van der Waals surface area contributed by atoms with E-state index in [0.717, 1.165) is 37.6 Å². The SMILES string of the molecule is CN=C(NCc1ccc(NCCOC)cc1)NC1CC=CC1. The maximum absolute atomic E-state index is 5.02. The van der Waals surface area contributed by atoms with Gasteiger partial charge in [-0.2, -0.15) is 0 Å². The van der Waals surface area contributed by atoms with Crippen LogP contribution in [0, 0.1) is 0 Å². The first kappa shape index (κ1) is 16.4. The van der Waals surface area contributed by atoms with Gasteiger partial charge in [0.15, 0.2) is 5.96 Å². The number of aliphatic imine (C=N–C) groups is 1. The van der Waals surface area contributed by atoms with Crippen LogP contribution in [0.1, 0.15) is 18.4 Å². The van der Waals surface area contributed by atoms with E-state index in [2.05, 4.69) is 57.4 Å². The standard InChI is InChI=1S/C17H26N4O/c1-18-17(21-16-5-3-4-6-16)20-13-14-7-9-15(10-8-14)19-11-12-22-2/h3-4,7-10,16,19H,5-6,11-13H2,1-2H3,(H2,18,20,21). The number of hydrogen-bond donors (Lipinski definition) is 3. The highest BCUT2D eigenvalue weighted by molar-refractivity contribution is 5.80. The molecule has 1 aliphatic carbocycles. The highest BCUT2D eigenvalue weighted by Gasteiger charge is 2.11. The van der Waals surface area contributed by atoms with E-state index in [-0.39, 0.29) is 0 Å². The lowest BCUT2D eigenvalue weighted by Gasteiger charge is -2.17. The van der Waals surface area contributed by atoms with Crippen molar-refractivity contribution in [2.24, 2.45) is 4.99 Å². The lowest BCUT2D eigenvalue weighted by Crippen LogP contribution is -2.42. The molecule has 0 unspecified atom stereocenters. The number of hydrogen-bond acceptors (Lipinski definition) is 3. The Morgan fingerprint density at radius 3 is 2.59 bits per heavy atom. The van der Waals surface area contributed by atoms with E-state index in [9.17, 15) is 0 Å². The van der Waals surface area contributed by atoms with Crippen molar-refractivity contribution in [2.75, 3.05) is 32.6 Å². The van der Waals surface area contributed by atoms with Gasteiger partial charge in [0.05, 0.1) is 6.61 Å². The Labute approximate surface area is 132 Å². The van der Waals surface area contributed by atoms with Crippen LogP contribution in [0.2, 0.25) is 0 Å². The zero-order chi connectivity index (χ0) is 15.6. The molecule has 1 aromatic carbocycles. The van der Waals surface area contributed by atoms with Crippen molar-refractivity contribution in [3.63, 3.8) is 0 Å². The minimum Gasteiger partial charge on any atom is -0.383 e. The van der Waals surface area contributed by atoms with Crippen LogP contribution in [0.4, 0.5) is 5.69 Å². The lowest BCUT2D eigenvalue weighted by molar-refractivity contribution is 0.211. The molecule has 5 heteroatoms. The Morgan fingerprint density at radius 1 is 1.23 bits per heavy atom. The van der Waals surface area contributed by atoms with E-state index in [1.165, 1.54) is 5.56 Å². The summed E-state index contributed by atoms with van der Waals surface area (Å²) in [5, 5.41) is 10.1. The Balaban J connectivity index is 1.75. The van der Waals surface area contributed by atoms with Gasteiger partial charge in [0.25, 0.3) is 0 Å². The summed E-state index contributed by atoms with van der Waals surface area (Å²) in [5.41, 5.74) is 2.34. The van der Waals surface area contributed by atoms with Crippen molar-refractivity contribution < 1.29 is 4.74 Å². The third kappa shape index (κ3) is 5.41. The average Bonchev–Trinajstić information content (AvgIpc) is 3.06. The molecule has 0 atom stereocenters. The molecule has 1 aliphatic rings. The Kier molecular flexibility index (Phi) is 6.77. The number of guanidine groups is 1. The maximum Gasteiger partial charge on any atom is 0.191 e. The summed E-state index contributed by atoms with van der Waals surface area (Å²) in [6.07, 6.45) is 6.56. The number of rotatable bonds is 7. The molecule has 0 spiro atoms. The van der Waals surface area contributed by atoms with Crippen molar-refractivity contribution >= 4 is 11.6 Å². The Hall–Kier alpha value is -2.01. The molecular formula is C17H26N4O. The number of methoxy groups -OCH3 is 1. The van der Waals surface area contributed by atoms with Gasteiger partial charge < -0.3 is 20.7 Å². The van der Waals surface area contributed by atoms with Gasteiger partial charge in [0.2, 0.25) is 0 Å². The number of ether oxygens (including phenoxy) is 1. The van der Waals surface area contributed by atoms with Crippen LogP contribution in [-0.4, -0.2) is 39.3 Å². The summed E-state index contributed by atoms with van der Waals surface area (Å²) >= 11 is 0. The summed E-state index contributed by atoms with van der Waals surface area (Å²) < 4.78 is 5.02. The summed E-state index contributed by atoms with van der Waals surface area (Å²) in [6, 6.07) is 8.88. The molecule has 0 amide bonds. The Morgan fingerprint density at radius 2 is 1.95 bits per heavy atom. The molecule has 0 aromatic heterocycles. The van der Waals surface area contributed by atoms with E-state index in [0.29, 0.717) is 12.6 Å². The average molecular weight is 302 g/mol. The second-order valence-corrected chi connectivity index (χ2v) is 5.33. The van der Waals surface area contributed by atoms with E-state index in [4.69, 9.17) is 4.74 Å². The first-order valence-electron chi connectivity index (χ1n) is 7.75. The van der Waals surface area contributed by atoms with Crippen molar-refractivity contribution in [1.82, 2.24) is 10.6 Å². The fourth-order valence-corrected chi connectivity index (χ4v) is 2.35. The maximum atomic E-state index is 5.02. The van der Waals surface area contributed by atoms with Gasteiger partial charge in [-0.1, -0.05) is 24.3 Å². The number of benzene rings is 1. The molecule has 0 saturated carbocycles. The van der Waals surface area contributed by atoms with Crippen LogP contribution in [0.15, 0.2) is 41.4 Å². The first-order chi connectivity index (χ1) is 10.8. The molecule has 0 fully saturated rings. The summed E-state index contributed by atoms with van der Waals surface area (Å²) in [7, 11) is 3.51. The number of nitrogens with zero attached hydrogens (tertiary/aromatic N) is 1. The predicted molar refractivity (Wildman–Crippen MR) is 92.3 cm³/mol. The monoisotopic (exact) mass is 302 g/mol. The van der Waals surface area contributed by atoms with Crippen LogP contribution >= 0.6 is 0 Å². The molecule has 5 nitrogen and oxygen atoms in total. The molecule has 0 bridgehead atoms. The molecule has 0 radical (unpaired) electrons. The summed E-state index contributed by atoms with van der Waals surface area (Å²) in [6.45, 7) is 2.29. The molecule has 1 aromatic rings. The van der Waals surface area contributed by atoms with Crippen molar-refractivity contribution in [2.45, 2.75) is 25.4 Å². The van der Waals surface area contributed by atoms with Gasteiger partial charge in [-0.3, -0.25) is 4.99 Å². The van der Waals surface area contributed by atoms with Crippen LogP contribution in [0.25, 0.3) is 0 Å². The van der Waals surface area contributed by atoms with E-state index < -0.39 is 0 Å². The van der Waals surface area contributed by atoms with Gasteiger partial charge in [-0.25, -0.2) is 0 Å². The first-order valence-corrected chi connectivity index (χ1v) is 7.75.